The van der Waals surface area contributed by atoms with Crippen LogP contribution in [-0.2, 0) is 0 Å². The minimum atomic E-state index is -0.312. The van der Waals surface area contributed by atoms with Crippen molar-refractivity contribution in [3.63, 3.8) is 0 Å². The van der Waals surface area contributed by atoms with Crippen molar-refractivity contribution in [1.29, 1.82) is 0 Å². The van der Waals surface area contributed by atoms with Crippen LogP contribution < -0.4 is 10.1 Å². The third kappa shape index (κ3) is 3.54. The molecule has 1 aromatic carbocycles. The predicted octanol–water partition coefficient (Wildman–Crippen LogP) is 3.68. The van der Waals surface area contributed by atoms with Gasteiger partial charge in [-0.2, -0.15) is 4.98 Å². The molecule has 2 heterocycles. The fourth-order valence-electron chi connectivity index (χ4n) is 2.42. The van der Waals surface area contributed by atoms with E-state index in [2.05, 4.69) is 15.5 Å². The summed E-state index contributed by atoms with van der Waals surface area (Å²) in [4.78, 5) is 4.45. The first-order valence-electron chi connectivity index (χ1n) is 7.21. The topological polar surface area (TPSA) is 60.2 Å². The first kappa shape index (κ1) is 14.4. The van der Waals surface area contributed by atoms with Gasteiger partial charge in [-0.05, 0) is 44.5 Å². The highest BCUT2D eigenvalue weighted by Crippen LogP contribution is 2.25. The lowest BCUT2D eigenvalue weighted by Crippen LogP contribution is -2.27. The van der Waals surface area contributed by atoms with Crippen molar-refractivity contribution in [2.45, 2.75) is 38.3 Å². The van der Waals surface area contributed by atoms with E-state index >= 15 is 0 Å². The number of nitrogens with zero attached hydrogens (tertiary/aromatic N) is 2. The number of aromatic nitrogens is 2. The number of hydrogen-bond donors (Lipinski definition) is 1. The molecule has 0 radical (unpaired) electrons. The Labute approximate surface area is 128 Å². The summed E-state index contributed by atoms with van der Waals surface area (Å²) in [7, 11) is 0. The lowest BCUT2D eigenvalue weighted by molar-refractivity contribution is 0.175. The number of piperidine rings is 1. The van der Waals surface area contributed by atoms with Gasteiger partial charge in [-0.15, -0.1) is 0 Å². The lowest BCUT2D eigenvalue weighted by atomic mass is 10.0. The van der Waals surface area contributed by atoms with Crippen LogP contribution in [0.15, 0.2) is 28.8 Å². The summed E-state index contributed by atoms with van der Waals surface area (Å²) < 4.78 is 11.1. The van der Waals surface area contributed by atoms with E-state index in [0.29, 0.717) is 22.5 Å². The molecule has 3 rings (SSSR count). The molecule has 1 aliphatic rings. The third-order valence-electron chi connectivity index (χ3n) is 3.54. The molecule has 1 fully saturated rings. The summed E-state index contributed by atoms with van der Waals surface area (Å²) in [5, 5.41) is 8.10. The van der Waals surface area contributed by atoms with Gasteiger partial charge in [0.05, 0.1) is 6.04 Å². The van der Waals surface area contributed by atoms with E-state index in [1.54, 1.807) is 12.1 Å². The Balaban J connectivity index is 1.67. The summed E-state index contributed by atoms with van der Waals surface area (Å²) in [5.74, 6) is 1.88. The molecular weight excluding hydrogens is 290 g/mol. The zero-order chi connectivity index (χ0) is 14.7. The molecule has 0 aliphatic carbocycles. The average molecular weight is 308 g/mol. The quantitative estimate of drug-likeness (QED) is 0.933. The largest absolute Gasteiger partial charge is 0.481 e. The average Bonchev–Trinajstić information content (AvgIpc) is 2.98. The van der Waals surface area contributed by atoms with Gasteiger partial charge in [-0.25, -0.2) is 0 Å². The van der Waals surface area contributed by atoms with Crippen molar-refractivity contribution in [3.05, 3.63) is 41.0 Å². The maximum absolute atomic E-state index is 5.94. The van der Waals surface area contributed by atoms with Gasteiger partial charge in [0.15, 0.2) is 11.9 Å². The van der Waals surface area contributed by atoms with Gasteiger partial charge >= 0.3 is 0 Å². The van der Waals surface area contributed by atoms with Crippen LogP contribution in [0, 0.1) is 0 Å². The fraction of sp³-hybridized carbons (Fsp3) is 0.467. The Hall–Kier alpha value is -1.59. The van der Waals surface area contributed by atoms with Gasteiger partial charge in [-0.1, -0.05) is 29.2 Å². The second-order valence-corrected chi connectivity index (χ2v) is 5.65. The second-order valence-electron chi connectivity index (χ2n) is 5.21. The highest BCUT2D eigenvalue weighted by molar-refractivity contribution is 6.30. The molecule has 0 amide bonds. The van der Waals surface area contributed by atoms with E-state index in [1.165, 1.54) is 12.8 Å². The van der Waals surface area contributed by atoms with Crippen molar-refractivity contribution in [3.8, 4) is 5.75 Å². The Morgan fingerprint density at radius 2 is 2.33 bits per heavy atom. The molecule has 1 aliphatic heterocycles. The molecule has 5 nitrogen and oxygen atoms in total. The van der Waals surface area contributed by atoms with Crippen LogP contribution in [0.5, 0.6) is 5.75 Å². The van der Waals surface area contributed by atoms with Gasteiger partial charge in [0, 0.05) is 5.02 Å². The number of rotatable bonds is 4. The second kappa shape index (κ2) is 6.45. The van der Waals surface area contributed by atoms with Gasteiger partial charge in [0.1, 0.15) is 5.75 Å². The molecular formula is C15H18ClN3O2. The fourth-order valence-corrected chi connectivity index (χ4v) is 2.60. The van der Waals surface area contributed by atoms with E-state index in [4.69, 9.17) is 20.9 Å². The Bertz CT molecular complexity index is 596. The summed E-state index contributed by atoms with van der Waals surface area (Å²) in [5.41, 5.74) is 0. The van der Waals surface area contributed by atoms with Crippen LogP contribution >= 0.6 is 11.6 Å². The number of hydrogen-bond acceptors (Lipinski definition) is 5. The Kier molecular flexibility index (Phi) is 4.41. The van der Waals surface area contributed by atoms with Crippen molar-refractivity contribution in [2.24, 2.45) is 0 Å². The van der Waals surface area contributed by atoms with Crippen LogP contribution in [0.1, 0.15) is 50.0 Å². The Morgan fingerprint density at radius 3 is 3.10 bits per heavy atom. The Morgan fingerprint density at radius 1 is 1.43 bits per heavy atom. The van der Waals surface area contributed by atoms with E-state index in [1.807, 2.05) is 19.1 Å². The number of halogens is 1. The van der Waals surface area contributed by atoms with E-state index in [-0.39, 0.29) is 12.1 Å². The molecule has 0 spiro atoms. The summed E-state index contributed by atoms with van der Waals surface area (Å²) in [6.07, 6.45) is 3.13. The number of ether oxygens (including phenoxy) is 1. The molecule has 112 valence electrons. The summed E-state index contributed by atoms with van der Waals surface area (Å²) in [6.45, 7) is 2.88. The molecule has 0 saturated carbocycles. The highest BCUT2D eigenvalue weighted by atomic mass is 35.5. The maximum atomic E-state index is 5.94. The summed E-state index contributed by atoms with van der Waals surface area (Å²) in [6, 6.07) is 7.45. The molecule has 1 N–H and O–H groups in total. The molecule has 1 saturated heterocycles. The van der Waals surface area contributed by atoms with Crippen molar-refractivity contribution in [2.75, 3.05) is 6.54 Å². The van der Waals surface area contributed by atoms with Gasteiger partial charge < -0.3 is 14.6 Å². The zero-order valence-corrected chi connectivity index (χ0v) is 12.6. The van der Waals surface area contributed by atoms with Gasteiger partial charge in [0.25, 0.3) is 5.89 Å². The monoisotopic (exact) mass is 307 g/mol. The molecule has 2 atom stereocenters. The van der Waals surface area contributed by atoms with Crippen molar-refractivity contribution < 1.29 is 9.26 Å². The molecule has 1 aromatic heterocycles. The minimum absolute atomic E-state index is 0.189. The van der Waals surface area contributed by atoms with E-state index < -0.39 is 0 Å². The predicted molar refractivity (Wildman–Crippen MR) is 79.4 cm³/mol. The molecule has 21 heavy (non-hydrogen) atoms. The highest BCUT2D eigenvalue weighted by Gasteiger charge is 2.23. The molecule has 0 bridgehead atoms. The van der Waals surface area contributed by atoms with Crippen LogP contribution in [0.25, 0.3) is 0 Å². The zero-order valence-electron chi connectivity index (χ0n) is 11.9. The molecule has 2 unspecified atom stereocenters. The van der Waals surface area contributed by atoms with Crippen LogP contribution in [0.2, 0.25) is 5.02 Å². The van der Waals surface area contributed by atoms with Crippen molar-refractivity contribution in [1.82, 2.24) is 15.5 Å². The van der Waals surface area contributed by atoms with Crippen LogP contribution in [-0.4, -0.2) is 16.7 Å². The molecule has 2 aromatic rings. The van der Waals surface area contributed by atoms with Crippen molar-refractivity contribution >= 4 is 11.6 Å². The lowest BCUT2D eigenvalue weighted by Gasteiger charge is -2.19. The number of nitrogens with one attached hydrogen (secondary N) is 1. The first-order chi connectivity index (χ1) is 10.2. The van der Waals surface area contributed by atoms with E-state index in [0.717, 1.165) is 13.0 Å². The number of benzene rings is 1. The maximum Gasteiger partial charge on any atom is 0.267 e. The first-order valence-corrected chi connectivity index (χ1v) is 7.59. The normalized spacial score (nSPS) is 20.2. The van der Waals surface area contributed by atoms with Crippen LogP contribution in [0.3, 0.4) is 0 Å². The molecule has 6 heteroatoms. The SMILES string of the molecule is CC(Oc1cccc(Cl)c1)c1nc(C2CCCCN2)no1. The van der Waals surface area contributed by atoms with Crippen LogP contribution in [0.4, 0.5) is 0 Å². The minimum Gasteiger partial charge on any atom is -0.481 e. The third-order valence-corrected chi connectivity index (χ3v) is 3.77. The smallest absolute Gasteiger partial charge is 0.267 e. The van der Waals surface area contributed by atoms with Gasteiger partial charge in [-0.3, -0.25) is 0 Å². The van der Waals surface area contributed by atoms with Gasteiger partial charge in [0.2, 0.25) is 0 Å². The summed E-state index contributed by atoms with van der Waals surface area (Å²) >= 11 is 5.94. The standard InChI is InChI=1S/C15H18ClN3O2/c1-10(20-12-6-4-5-11(16)9-12)15-18-14(19-21-15)13-7-2-3-8-17-13/h4-6,9-10,13,17H,2-3,7-8H2,1H3. The van der Waals surface area contributed by atoms with E-state index in [9.17, 15) is 0 Å².